The fourth-order valence-corrected chi connectivity index (χ4v) is 2.47. The van der Waals surface area contributed by atoms with Gasteiger partial charge in [-0.2, -0.15) is 5.26 Å². The van der Waals surface area contributed by atoms with Crippen LogP contribution in [0.4, 0.5) is 5.69 Å². The molecule has 27 heavy (non-hydrogen) atoms. The first-order valence-corrected chi connectivity index (χ1v) is 8.38. The van der Waals surface area contributed by atoms with Crippen LogP contribution in [0, 0.1) is 16.7 Å². The third kappa shape index (κ3) is 4.01. The standard InChI is InChI=1S/C20H19N3O4/c1-20(2,19(25)23-15-6-3-13(10-21)4-7-15)18(24)22-11-14-5-8-16-17(9-14)27-12-26-16/h3-9H,11-12H2,1-2H3,(H,22,24)(H,23,25). The number of amides is 2. The third-order valence-electron chi connectivity index (χ3n) is 4.30. The Hall–Kier alpha value is -3.53. The van der Waals surface area contributed by atoms with Crippen molar-refractivity contribution in [2.45, 2.75) is 20.4 Å². The second-order valence-corrected chi connectivity index (χ2v) is 6.64. The lowest BCUT2D eigenvalue weighted by Crippen LogP contribution is -2.44. The van der Waals surface area contributed by atoms with Crippen LogP contribution in [0.15, 0.2) is 42.5 Å². The number of hydrogen-bond acceptors (Lipinski definition) is 5. The fourth-order valence-electron chi connectivity index (χ4n) is 2.47. The quantitative estimate of drug-likeness (QED) is 0.793. The molecule has 0 saturated carbocycles. The summed E-state index contributed by atoms with van der Waals surface area (Å²) in [7, 11) is 0. The Bertz CT molecular complexity index is 914. The van der Waals surface area contributed by atoms with Gasteiger partial charge in [-0.3, -0.25) is 9.59 Å². The molecular weight excluding hydrogens is 346 g/mol. The number of nitrogens with zero attached hydrogens (tertiary/aromatic N) is 1. The molecule has 0 radical (unpaired) electrons. The van der Waals surface area contributed by atoms with Gasteiger partial charge in [-0.1, -0.05) is 6.07 Å². The summed E-state index contributed by atoms with van der Waals surface area (Å²) in [4.78, 5) is 25.1. The van der Waals surface area contributed by atoms with Gasteiger partial charge >= 0.3 is 0 Å². The van der Waals surface area contributed by atoms with Crippen LogP contribution in [0.1, 0.15) is 25.0 Å². The summed E-state index contributed by atoms with van der Waals surface area (Å²) in [6, 6.07) is 13.9. The Morgan fingerprint density at radius 1 is 1.07 bits per heavy atom. The van der Waals surface area contributed by atoms with E-state index in [2.05, 4.69) is 10.6 Å². The molecule has 3 rings (SSSR count). The first-order valence-electron chi connectivity index (χ1n) is 8.38. The van der Waals surface area contributed by atoms with Gasteiger partial charge in [0.15, 0.2) is 11.5 Å². The summed E-state index contributed by atoms with van der Waals surface area (Å²) in [6.45, 7) is 3.57. The molecule has 0 aliphatic carbocycles. The minimum absolute atomic E-state index is 0.188. The highest BCUT2D eigenvalue weighted by Crippen LogP contribution is 2.32. The van der Waals surface area contributed by atoms with Gasteiger partial charge in [-0.15, -0.1) is 0 Å². The van der Waals surface area contributed by atoms with Crippen molar-refractivity contribution in [1.29, 1.82) is 5.26 Å². The summed E-state index contributed by atoms with van der Waals surface area (Å²) < 4.78 is 10.6. The summed E-state index contributed by atoms with van der Waals surface area (Å²) in [5, 5.41) is 14.3. The van der Waals surface area contributed by atoms with Gasteiger partial charge in [0.1, 0.15) is 5.41 Å². The number of nitrogens with one attached hydrogen (secondary N) is 2. The number of carbonyl (C=O) groups is 2. The first-order chi connectivity index (χ1) is 12.9. The molecule has 1 heterocycles. The summed E-state index contributed by atoms with van der Waals surface area (Å²) in [5.41, 5.74) is 0.588. The molecule has 0 unspecified atom stereocenters. The van der Waals surface area contributed by atoms with Gasteiger partial charge in [0.25, 0.3) is 0 Å². The van der Waals surface area contributed by atoms with E-state index in [0.717, 1.165) is 5.56 Å². The summed E-state index contributed by atoms with van der Waals surface area (Å²) in [5.74, 6) is 0.480. The first kappa shape index (κ1) is 18.3. The highest BCUT2D eigenvalue weighted by Gasteiger charge is 2.36. The molecular formula is C20H19N3O4. The lowest BCUT2D eigenvalue weighted by atomic mass is 9.90. The Morgan fingerprint density at radius 2 is 1.78 bits per heavy atom. The Morgan fingerprint density at radius 3 is 2.48 bits per heavy atom. The van der Waals surface area contributed by atoms with E-state index < -0.39 is 17.2 Å². The normalized spacial score (nSPS) is 12.2. The van der Waals surface area contributed by atoms with Gasteiger partial charge in [-0.25, -0.2) is 0 Å². The van der Waals surface area contributed by atoms with Crippen LogP contribution < -0.4 is 20.1 Å². The van der Waals surface area contributed by atoms with Crippen molar-refractivity contribution in [2.75, 3.05) is 12.1 Å². The van der Waals surface area contributed by atoms with E-state index in [1.165, 1.54) is 0 Å². The SMILES string of the molecule is CC(C)(C(=O)NCc1ccc2c(c1)OCO2)C(=O)Nc1ccc(C#N)cc1. The van der Waals surface area contributed by atoms with Gasteiger partial charge in [-0.05, 0) is 55.8 Å². The maximum atomic E-state index is 12.5. The number of benzene rings is 2. The van der Waals surface area contributed by atoms with Crippen molar-refractivity contribution in [1.82, 2.24) is 5.32 Å². The molecule has 0 bridgehead atoms. The monoisotopic (exact) mass is 365 g/mol. The molecule has 0 spiro atoms. The van der Waals surface area contributed by atoms with Gasteiger partial charge in [0.2, 0.25) is 18.6 Å². The van der Waals surface area contributed by atoms with Crippen molar-refractivity contribution >= 4 is 17.5 Å². The number of fused-ring (bicyclic) bond motifs is 1. The Balaban J connectivity index is 1.60. The molecule has 1 aliphatic rings. The van der Waals surface area contributed by atoms with Crippen molar-refractivity contribution in [3.8, 4) is 17.6 Å². The zero-order valence-corrected chi connectivity index (χ0v) is 15.0. The van der Waals surface area contributed by atoms with Crippen LogP contribution in [0.5, 0.6) is 11.5 Å². The minimum Gasteiger partial charge on any atom is -0.454 e. The molecule has 7 nitrogen and oxygen atoms in total. The topological polar surface area (TPSA) is 100 Å². The van der Waals surface area contributed by atoms with E-state index in [0.29, 0.717) is 22.7 Å². The minimum atomic E-state index is -1.27. The molecule has 0 saturated heterocycles. The van der Waals surface area contributed by atoms with Gasteiger partial charge in [0.05, 0.1) is 11.6 Å². The van der Waals surface area contributed by atoms with E-state index in [1.54, 1.807) is 50.2 Å². The van der Waals surface area contributed by atoms with Crippen molar-refractivity contribution in [2.24, 2.45) is 5.41 Å². The lowest BCUT2D eigenvalue weighted by molar-refractivity contribution is -0.138. The molecule has 2 amide bonds. The predicted molar refractivity (Wildman–Crippen MR) is 98.0 cm³/mol. The number of hydrogen-bond donors (Lipinski definition) is 2. The number of carbonyl (C=O) groups excluding carboxylic acids is 2. The zero-order valence-electron chi connectivity index (χ0n) is 15.0. The molecule has 2 N–H and O–H groups in total. The van der Waals surface area contributed by atoms with Crippen molar-refractivity contribution in [3.63, 3.8) is 0 Å². The van der Waals surface area contributed by atoms with Crippen LogP contribution in [0.3, 0.4) is 0 Å². The zero-order chi connectivity index (χ0) is 19.4. The average molecular weight is 365 g/mol. The second kappa shape index (κ2) is 7.38. The molecule has 0 aromatic heterocycles. The van der Waals surface area contributed by atoms with Crippen molar-refractivity contribution in [3.05, 3.63) is 53.6 Å². The maximum absolute atomic E-state index is 12.5. The molecule has 2 aromatic carbocycles. The van der Waals surface area contributed by atoms with E-state index in [4.69, 9.17) is 14.7 Å². The molecule has 0 fully saturated rings. The van der Waals surface area contributed by atoms with Crippen LogP contribution in [0.25, 0.3) is 0 Å². The molecule has 1 aliphatic heterocycles. The number of rotatable bonds is 5. The lowest BCUT2D eigenvalue weighted by Gasteiger charge is -2.22. The smallest absolute Gasteiger partial charge is 0.239 e. The van der Waals surface area contributed by atoms with Crippen molar-refractivity contribution < 1.29 is 19.1 Å². The highest BCUT2D eigenvalue weighted by molar-refractivity contribution is 6.09. The maximum Gasteiger partial charge on any atom is 0.239 e. The molecule has 138 valence electrons. The van der Waals surface area contributed by atoms with Crippen LogP contribution in [-0.2, 0) is 16.1 Å². The van der Waals surface area contributed by atoms with Crippen LogP contribution in [-0.4, -0.2) is 18.6 Å². The van der Waals surface area contributed by atoms with Crippen LogP contribution in [0.2, 0.25) is 0 Å². The Kier molecular flexibility index (Phi) is 4.99. The fraction of sp³-hybridized carbons (Fsp3) is 0.250. The Labute approximate surface area is 156 Å². The largest absolute Gasteiger partial charge is 0.454 e. The third-order valence-corrected chi connectivity index (χ3v) is 4.30. The van der Waals surface area contributed by atoms with E-state index in [1.807, 2.05) is 12.1 Å². The number of nitriles is 1. The van der Waals surface area contributed by atoms with Gasteiger partial charge in [0, 0.05) is 12.2 Å². The summed E-state index contributed by atoms with van der Waals surface area (Å²) >= 11 is 0. The van der Waals surface area contributed by atoms with E-state index in [-0.39, 0.29) is 13.3 Å². The van der Waals surface area contributed by atoms with Crippen LogP contribution >= 0.6 is 0 Å². The molecule has 0 atom stereocenters. The van der Waals surface area contributed by atoms with E-state index >= 15 is 0 Å². The number of anilines is 1. The molecule has 2 aromatic rings. The average Bonchev–Trinajstić information content (AvgIpc) is 3.14. The van der Waals surface area contributed by atoms with E-state index in [9.17, 15) is 9.59 Å². The van der Waals surface area contributed by atoms with Gasteiger partial charge < -0.3 is 20.1 Å². The number of ether oxygens (including phenoxy) is 2. The second-order valence-electron chi connectivity index (χ2n) is 6.64. The summed E-state index contributed by atoms with van der Waals surface area (Å²) in [6.07, 6.45) is 0. The predicted octanol–water partition coefficient (Wildman–Crippen LogP) is 2.57. The highest BCUT2D eigenvalue weighted by atomic mass is 16.7. The molecule has 7 heteroatoms.